The van der Waals surface area contributed by atoms with Gasteiger partial charge in [-0.05, 0) is 32.2 Å². The molecule has 0 radical (unpaired) electrons. The van der Waals surface area contributed by atoms with E-state index in [1.807, 2.05) is 6.92 Å². The Kier molecular flexibility index (Phi) is 14.8. The average molecular weight is 259 g/mol. The minimum atomic E-state index is 0.753. The van der Waals surface area contributed by atoms with Gasteiger partial charge in [0.2, 0.25) is 0 Å². The number of ether oxygens (including phenoxy) is 2. The SMILES string of the molecule is CCCCC(CC)COCCNCCCOCC. The lowest BCUT2D eigenvalue weighted by Crippen LogP contribution is -2.23. The fourth-order valence-electron chi connectivity index (χ4n) is 1.86. The maximum absolute atomic E-state index is 5.72. The summed E-state index contributed by atoms with van der Waals surface area (Å²) in [5, 5.41) is 3.37. The molecule has 0 aliphatic carbocycles. The van der Waals surface area contributed by atoms with Gasteiger partial charge in [-0.3, -0.25) is 0 Å². The zero-order valence-corrected chi connectivity index (χ0v) is 12.7. The van der Waals surface area contributed by atoms with E-state index in [4.69, 9.17) is 9.47 Å². The van der Waals surface area contributed by atoms with E-state index in [0.29, 0.717) is 0 Å². The molecule has 0 aromatic rings. The Bertz CT molecular complexity index is 153. The van der Waals surface area contributed by atoms with E-state index in [2.05, 4.69) is 19.2 Å². The summed E-state index contributed by atoms with van der Waals surface area (Å²) in [7, 11) is 0. The standard InChI is InChI=1S/C15H33NO2/c1-4-7-9-15(5-2)14-18-13-11-16-10-8-12-17-6-3/h15-16H,4-14H2,1-3H3. The molecular formula is C15H33NO2. The fraction of sp³-hybridized carbons (Fsp3) is 1.00. The van der Waals surface area contributed by atoms with Crippen molar-refractivity contribution < 1.29 is 9.47 Å². The van der Waals surface area contributed by atoms with Crippen molar-refractivity contribution >= 4 is 0 Å². The van der Waals surface area contributed by atoms with Gasteiger partial charge in [0.1, 0.15) is 0 Å². The highest BCUT2D eigenvalue weighted by Gasteiger charge is 2.05. The monoisotopic (exact) mass is 259 g/mol. The van der Waals surface area contributed by atoms with Gasteiger partial charge in [-0.15, -0.1) is 0 Å². The van der Waals surface area contributed by atoms with Crippen molar-refractivity contribution in [3.8, 4) is 0 Å². The van der Waals surface area contributed by atoms with Crippen molar-refractivity contribution in [2.75, 3.05) is 39.5 Å². The van der Waals surface area contributed by atoms with E-state index in [9.17, 15) is 0 Å². The van der Waals surface area contributed by atoms with Crippen molar-refractivity contribution in [2.24, 2.45) is 5.92 Å². The van der Waals surface area contributed by atoms with Crippen LogP contribution in [0.4, 0.5) is 0 Å². The van der Waals surface area contributed by atoms with Gasteiger partial charge in [-0.25, -0.2) is 0 Å². The molecule has 3 nitrogen and oxygen atoms in total. The highest BCUT2D eigenvalue weighted by molar-refractivity contribution is 4.56. The van der Waals surface area contributed by atoms with Crippen molar-refractivity contribution in [1.29, 1.82) is 0 Å². The van der Waals surface area contributed by atoms with Gasteiger partial charge < -0.3 is 14.8 Å². The smallest absolute Gasteiger partial charge is 0.0591 e. The van der Waals surface area contributed by atoms with Crippen molar-refractivity contribution in [2.45, 2.75) is 52.9 Å². The highest BCUT2D eigenvalue weighted by Crippen LogP contribution is 2.12. The predicted octanol–water partition coefficient (Wildman–Crippen LogP) is 3.24. The molecule has 0 amide bonds. The van der Waals surface area contributed by atoms with Gasteiger partial charge in [0, 0.05) is 26.4 Å². The van der Waals surface area contributed by atoms with Crippen molar-refractivity contribution in [3.63, 3.8) is 0 Å². The maximum Gasteiger partial charge on any atom is 0.0591 e. The van der Waals surface area contributed by atoms with Crippen LogP contribution in [0.1, 0.15) is 52.9 Å². The summed E-state index contributed by atoms with van der Waals surface area (Å²) in [4.78, 5) is 0. The molecule has 0 aliphatic heterocycles. The first-order chi connectivity index (χ1) is 8.85. The highest BCUT2D eigenvalue weighted by atomic mass is 16.5. The third kappa shape index (κ3) is 12.3. The number of hydrogen-bond donors (Lipinski definition) is 1. The largest absolute Gasteiger partial charge is 0.382 e. The molecule has 1 atom stereocenters. The zero-order valence-electron chi connectivity index (χ0n) is 12.7. The minimum Gasteiger partial charge on any atom is -0.382 e. The molecule has 0 rings (SSSR count). The van der Waals surface area contributed by atoms with Crippen LogP contribution in [0.25, 0.3) is 0 Å². The van der Waals surface area contributed by atoms with Gasteiger partial charge in [0.25, 0.3) is 0 Å². The quantitative estimate of drug-likeness (QED) is 0.486. The summed E-state index contributed by atoms with van der Waals surface area (Å²) in [6.45, 7) is 12.0. The second-order valence-corrected chi connectivity index (χ2v) is 4.79. The third-order valence-corrected chi connectivity index (χ3v) is 3.17. The van der Waals surface area contributed by atoms with Crippen LogP contribution >= 0.6 is 0 Å². The average Bonchev–Trinajstić information content (AvgIpc) is 2.40. The van der Waals surface area contributed by atoms with Crippen LogP contribution in [0, 0.1) is 5.92 Å². The second-order valence-electron chi connectivity index (χ2n) is 4.79. The molecule has 0 aromatic carbocycles. The van der Waals surface area contributed by atoms with Gasteiger partial charge in [-0.1, -0.05) is 33.1 Å². The molecule has 110 valence electrons. The molecule has 0 bridgehead atoms. The predicted molar refractivity (Wildman–Crippen MR) is 78.1 cm³/mol. The van der Waals surface area contributed by atoms with Crippen LogP contribution < -0.4 is 5.32 Å². The zero-order chi connectivity index (χ0) is 13.5. The summed E-state index contributed by atoms with van der Waals surface area (Å²) in [6.07, 6.45) is 6.26. The number of unbranched alkanes of at least 4 members (excludes halogenated alkanes) is 1. The van der Waals surface area contributed by atoms with E-state index >= 15 is 0 Å². The summed E-state index contributed by atoms with van der Waals surface area (Å²) >= 11 is 0. The summed E-state index contributed by atoms with van der Waals surface area (Å²) in [5.74, 6) is 0.753. The lowest BCUT2D eigenvalue weighted by atomic mass is 10.0. The summed E-state index contributed by atoms with van der Waals surface area (Å²) in [6, 6.07) is 0. The van der Waals surface area contributed by atoms with E-state index in [-0.39, 0.29) is 0 Å². The Hall–Kier alpha value is -0.120. The van der Waals surface area contributed by atoms with Gasteiger partial charge in [-0.2, -0.15) is 0 Å². The molecule has 0 fully saturated rings. The number of hydrogen-bond acceptors (Lipinski definition) is 3. The van der Waals surface area contributed by atoms with Crippen LogP contribution in [0.5, 0.6) is 0 Å². The lowest BCUT2D eigenvalue weighted by molar-refractivity contribution is 0.0948. The van der Waals surface area contributed by atoms with E-state index < -0.39 is 0 Å². The molecule has 0 spiro atoms. The third-order valence-electron chi connectivity index (χ3n) is 3.17. The molecule has 1 unspecified atom stereocenters. The Balaban J connectivity index is 3.17. The summed E-state index contributed by atoms with van der Waals surface area (Å²) in [5.41, 5.74) is 0. The Labute approximate surface area is 114 Å². The molecule has 0 aliphatic rings. The van der Waals surface area contributed by atoms with Crippen LogP contribution in [0.3, 0.4) is 0 Å². The Morgan fingerprint density at radius 2 is 1.78 bits per heavy atom. The van der Waals surface area contributed by atoms with Gasteiger partial charge in [0.05, 0.1) is 6.61 Å². The molecule has 1 N–H and O–H groups in total. The van der Waals surface area contributed by atoms with E-state index in [1.165, 1.54) is 25.7 Å². The van der Waals surface area contributed by atoms with Crippen LogP contribution in [0.2, 0.25) is 0 Å². The van der Waals surface area contributed by atoms with Crippen LogP contribution in [-0.4, -0.2) is 39.5 Å². The first-order valence-electron chi connectivity index (χ1n) is 7.71. The Morgan fingerprint density at radius 1 is 0.944 bits per heavy atom. The molecular weight excluding hydrogens is 226 g/mol. The minimum absolute atomic E-state index is 0.753. The van der Waals surface area contributed by atoms with Crippen molar-refractivity contribution in [3.05, 3.63) is 0 Å². The topological polar surface area (TPSA) is 30.5 Å². The second kappa shape index (κ2) is 14.9. The van der Waals surface area contributed by atoms with Crippen LogP contribution in [0.15, 0.2) is 0 Å². The van der Waals surface area contributed by atoms with E-state index in [1.54, 1.807) is 0 Å². The lowest BCUT2D eigenvalue weighted by Gasteiger charge is -2.14. The maximum atomic E-state index is 5.72. The van der Waals surface area contributed by atoms with Gasteiger partial charge >= 0.3 is 0 Å². The molecule has 0 heterocycles. The number of rotatable bonds is 14. The summed E-state index contributed by atoms with van der Waals surface area (Å²) < 4.78 is 11.0. The fourth-order valence-corrected chi connectivity index (χ4v) is 1.86. The molecule has 0 saturated carbocycles. The first-order valence-corrected chi connectivity index (χ1v) is 7.71. The number of nitrogens with one attached hydrogen (secondary N) is 1. The van der Waals surface area contributed by atoms with E-state index in [0.717, 1.165) is 51.9 Å². The van der Waals surface area contributed by atoms with Gasteiger partial charge in [0.15, 0.2) is 0 Å². The Morgan fingerprint density at radius 3 is 2.44 bits per heavy atom. The normalized spacial score (nSPS) is 12.8. The molecule has 0 saturated heterocycles. The molecule has 3 heteroatoms. The van der Waals surface area contributed by atoms with Crippen LogP contribution in [-0.2, 0) is 9.47 Å². The molecule has 18 heavy (non-hydrogen) atoms. The molecule has 0 aromatic heterocycles. The van der Waals surface area contributed by atoms with Crippen molar-refractivity contribution in [1.82, 2.24) is 5.32 Å². The first kappa shape index (κ1) is 17.9.